The number of hydrogen-bond donors (Lipinski definition) is 3. The minimum atomic E-state index is -4.28. The van der Waals surface area contributed by atoms with Crippen LogP contribution in [0.3, 0.4) is 0 Å². The first kappa shape index (κ1) is 36.1. The number of carbonyl (C=O) groups is 2. The number of nitrogens with zero attached hydrogens (tertiary/aromatic N) is 3. The predicted molar refractivity (Wildman–Crippen MR) is 160 cm³/mol. The summed E-state index contributed by atoms with van der Waals surface area (Å²) in [6, 6.07) is 6.86. The lowest BCUT2D eigenvalue weighted by molar-refractivity contribution is -0.255. The van der Waals surface area contributed by atoms with Crippen molar-refractivity contribution >= 4 is 46.4 Å². The number of halogens is 5. The quantitative estimate of drug-likeness (QED) is 0.245. The number of carbonyl (C=O) groups excluding carboxylic acids is 2. The van der Waals surface area contributed by atoms with Gasteiger partial charge in [-0.05, 0) is 48.8 Å². The highest BCUT2D eigenvalue weighted by Gasteiger charge is 2.47. The summed E-state index contributed by atoms with van der Waals surface area (Å²) in [6.07, 6.45) is 1.23. The molecule has 2 amide bonds. The largest absolute Gasteiger partial charge is 0.416 e. The minimum absolute atomic E-state index is 0.0993. The van der Waals surface area contributed by atoms with Crippen molar-refractivity contribution in [2.24, 2.45) is 5.92 Å². The van der Waals surface area contributed by atoms with E-state index in [1.165, 1.54) is 31.5 Å². The summed E-state index contributed by atoms with van der Waals surface area (Å²) in [7, 11) is 17.8. The maximum atomic E-state index is 12.9. The lowest BCUT2D eigenvalue weighted by atomic mass is 9.49. The van der Waals surface area contributed by atoms with Gasteiger partial charge in [-0.1, -0.05) is 25.3 Å². The third-order valence-electron chi connectivity index (χ3n) is 6.94. The van der Waals surface area contributed by atoms with E-state index in [0.29, 0.717) is 11.3 Å². The van der Waals surface area contributed by atoms with Gasteiger partial charge >= 0.3 is 6.18 Å². The van der Waals surface area contributed by atoms with E-state index in [1.54, 1.807) is 6.07 Å². The van der Waals surface area contributed by atoms with Gasteiger partial charge in [0.1, 0.15) is 11.5 Å². The molecule has 0 saturated heterocycles. The zero-order chi connectivity index (χ0) is 33.6. The van der Waals surface area contributed by atoms with Crippen LogP contribution in [-0.4, -0.2) is 79.9 Å². The number of H-pyrrole nitrogens is 1. The van der Waals surface area contributed by atoms with Gasteiger partial charge in [0.05, 0.1) is 41.1 Å². The lowest BCUT2D eigenvalue weighted by Crippen LogP contribution is -2.40. The number of nitrogens with one attached hydrogen (secondary N) is 3. The third kappa shape index (κ3) is 10.9. The first-order chi connectivity index (χ1) is 20.8. The molecule has 17 heteroatoms. The van der Waals surface area contributed by atoms with E-state index in [-0.39, 0.29) is 49.9 Å². The number of benzene rings is 1. The maximum absolute atomic E-state index is 12.9. The van der Waals surface area contributed by atoms with E-state index in [2.05, 4.69) is 30.4 Å². The normalized spacial score (nSPS) is 16.0. The fourth-order valence-corrected chi connectivity index (χ4v) is 3.92. The Morgan fingerprint density at radius 1 is 1.07 bits per heavy atom. The van der Waals surface area contributed by atoms with Crippen LogP contribution in [0, 0.1) is 5.92 Å². The number of aromatic amines is 1. The summed E-state index contributed by atoms with van der Waals surface area (Å²) >= 11 is 0. The second-order valence-corrected chi connectivity index (χ2v) is 11.6. The van der Waals surface area contributed by atoms with Crippen molar-refractivity contribution in [3.8, 4) is 0 Å². The number of hydrogen-bond acceptors (Lipinski definition) is 5. The molecule has 0 unspecified atom stereocenters. The van der Waals surface area contributed by atoms with Crippen LogP contribution in [-0.2, 0) is 27.9 Å². The van der Waals surface area contributed by atoms with Gasteiger partial charge in [-0.3, -0.25) is 14.3 Å². The van der Waals surface area contributed by atoms with Gasteiger partial charge in [0.2, 0.25) is 11.8 Å². The molecule has 1 aromatic carbocycles. The van der Waals surface area contributed by atoms with Crippen molar-refractivity contribution in [3.05, 3.63) is 47.5 Å². The van der Waals surface area contributed by atoms with E-state index >= 15 is 0 Å². The molecular weight excluding hydrogens is 596 g/mol. The number of ether oxygens (including phenoxy) is 1. The van der Waals surface area contributed by atoms with Crippen molar-refractivity contribution < 1.29 is 36.3 Å². The third-order valence-corrected chi connectivity index (χ3v) is 6.94. The van der Waals surface area contributed by atoms with Crippen LogP contribution in [0.25, 0.3) is 11.0 Å². The molecule has 9 nitrogen and oxygen atoms in total. The van der Waals surface area contributed by atoms with Crippen molar-refractivity contribution in [1.82, 2.24) is 30.4 Å². The van der Waals surface area contributed by atoms with Gasteiger partial charge < -0.3 is 20.4 Å². The smallest absolute Gasteiger partial charge is 0.369 e. The second kappa shape index (κ2) is 14.4. The Bertz CT molecular complexity index is 1440. The van der Waals surface area contributed by atoms with Crippen LogP contribution in [0.1, 0.15) is 74.2 Å². The average molecular weight is 630 g/mol. The number of rotatable bonds is 9. The summed E-state index contributed by atoms with van der Waals surface area (Å²) < 4.78 is 66.1. The second-order valence-electron chi connectivity index (χ2n) is 11.6. The summed E-state index contributed by atoms with van der Waals surface area (Å²) in [5, 5.41) is 7.50. The van der Waals surface area contributed by atoms with E-state index in [4.69, 9.17) is 23.5 Å². The zero-order valence-corrected chi connectivity index (χ0v) is 25.3. The Hall–Kier alpha value is -3.36. The van der Waals surface area contributed by atoms with Gasteiger partial charge in [0.25, 0.3) is 5.91 Å². The van der Waals surface area contributed by atoms with Gasteiger partial charge in [0, 0.05) is 39.1 Å². The fourth-order valence-electron chi connectivity index (χ4n) is 3.92. The van der Waals surface area contributed by atoms with Gasteiger partial charge in [-0.25, -0.2) is 13.8 Å². The van der Waals surface area contributed by atoms with Crippen molar-refractivity contribution in [1.29, 1.82) is 0 Å². The summed E-state index contributed by atoms with van der Waals surface area (Å²) in [5.74, 6) is -3.11. The average Bonchev–Trinajstić information content (AvgIpc) is 3.61. The maximum Gasteiger partial charge on any atom is 0.416 e. The molecular formula is C28H34B3F5N6O3. The van der Waals surface area contributed by atoms with Crippen LogP contribution < -0.4 is 10.6 Å². The standard InChI is InChI=1S/C20H19B3F2N6O2.C5H9F3O.C3H6/c21-20(22,23)31-15(3-4-28-31)18(33)27-10-16-29-13-2-1-11(5-14(13)30-16)9-26-17(32)6-12-7-19(24,25)8-12;1-4(2,9-3)5(6,7)8;1-2-3-1/h1-5,12H,6-10H2,(H,26,32)(H,27,33)(H,29,30);1-3H3;1-3H2. The first-order valence-corrected chi connectivity index (χ1v) is 14.2. The monoisotopic (exact) mass is 630 g/mol. The first-order valence-electron chi connectivity index (χ1n) is 14.2. The van der Waals surface area contributed by atoms with Crippen LogP contribution in [0.4, 0.5) is 22.0 Å². The highest BCUT2D eigenvalue weighted by Crippen LogP contribution is 2.43. The Morgan fingerprint density at radius 3 is 2.22 bits per heavy atom. The molecule has 5 rings (SSSR count). The molecule has 6 radical (unpaired) electrons. The molecule has 0 aliphatic heterocycles. The Morgan fingerprint density at radius 2 is 1.71 bits per heavy atom. The molecule has 45 heavy (non-hydrogen) atoms. The molecule has 3 N–H and O–H groups in total. The van der Waals surface area contributed by atoms with E-state index < -0.39 is 28.8 Å². The molecule has 238 valence electrons. The molecule has 0 spiro atoms. The number of imidazole rings is 1. The molecule has 0 bridgehead atoms. The van der Waals surface area contributed by atoms with Crippen LogP contribution in [0.2, 0.25) is 0 Å². The predicted octanol–water partition coefficient (Wildman–Crippen LogP) is 3.96. The highest BCUT2D eigenvalue weighted by atomic mass is 19.4. The lowest BCUT2D eigenvalue weighted by Gasteiger charge is -2.34. The Kier molecular flexibility index (Phi) is 11.5. The fraction of sp³-hybridized carbons (Fsp3) is 0.571. The van der Waals surface area contributed by atoms with Crippen molar-refractivity contribution in [2.75, 3.05) is 7.11 Å². The highest BCUT2D eigenvalue weighted by molar-refractivity contribution is 6.56. The number of alkyl halides is 5. The van der Waals surface area contributed by atoms with E-state index in [9.17, 15) is 31.5 Å². The molecule has 2 saturated carbocycles. The number of aromatic nitrogens is 4. The topological polar surface area (TPSA) is 114 Å². The molecule has 2 aliphatic carbocycles. The summed E-state index contributed by atoms with van der Waals surface area (Å²) in [4.78, 5) is 32.0. The van der Waals surface area contributed by atoms with Crippen LogP contribution in [0.15, 0.2) is 30.5 Å². The molecule has 0 atom stereocenters. The molecule has 2 fully saturated rings. The number of fused-ring (bicyclic) bond motifs is 1. The molecule has 2 aliphatic rings. The number of amides is 2. The van der Waals surface area contributed by atoms with Gasteiger partial charge in [-0.15, -0.1) is 0 Å². The van der Waals surface area contributed by atoms with Gasteiger partial charge in [-0.2, -0.15) is 18.3 Å². The molecule has 3 aromatic rings. The number of methoxy groups -OCH3 is 1. The van der Waals surface area contributed by atoms with Crippen molar-refractivity contribution in [3.63, 3.8) is 0 Å². The molecule has 2 heterocycles. The minimum Gasteiger partial charge on any atom is -0.369 e. The van der Waals surface area contributed by atoms with E-state index in [0.717, 1.165) is 36.7 Å². The zero-order valence-electron chi connectivity index (χ0n) is 25.3. The van der Waals surface area contributed by atoms with Crippen LogP contribution in [0.5, 0.6) is 0 Å². The summed E-state index contributed by atoms with van der Waals surface area (Å²) in [6.45, 7) is 2.33. The Labute approximate surface area is 262 Å². The van der Waals surface area contributed by atoms with Crippen molar-refractivity contribution in [2.45, 2.75) is 88.4 Å². The van der Waals surface area contributed by atoms with Gasteiger partial charge in [0.15, 0.2) is 5.60 Å². The molecule has 2 aromatic heterocycles. The summed E-state index contributed by atoms with van der Waals surface area (Å²) in [5.41, 5.74) is 0.304. The SMILES string of the molecule is C1CC1.COC(C)(C)C(F)(F)F.[B]C([B])([B])n1nccc1C(=O)NCc1nc2ccc(CNC(=O)CC3CC(F)(F)C3)cc2[nH]1. The van der Waals surface area contributed by atoms with Crippen LogP contribution >= 0.6 is 0 Å². The van der Waals surface area contributed by atoms with E-state index in [1.807, 2.05) is 12.1 Å². The Balaban J connectivity index is 0.000000387.